The predicted octanol–water partition coefficient (Wildman–Crippen LogP) is 3.14. The van der Waals surface area contributed by atoms with Crippen LogP contribution in [0.25, 0.3) is 0 Å². The van der Waals surface area contributed by atoms with E-state index in [4.69, 9.17) is 4.74 Å². The van der Waals surface area contributed by atoms with Crippen molar-refractivity contribution in [3.8, 4) is 0 Å². The Morgan fingerprint density at radius 3 is 2.52 bits per heavy atom. The van der Waals surface area contributed by atoms with E-state index in [1.807, 2.05) is 44.2 Å². The molecule has 0 radical (unpaired) electrons. The molecule has 1 aliphatic rings. The van der Waals surface area contributed by atoms with Crippen molar-refractivity contribution in [1.29, 1.82) is 0 Å². The molecule has 1 atom stereocenters. The van der Waals surface area contributed by atoms with Crippen LogP contribution in [0.3, 0.4) is 0 Å². The molecule has 1 aromatic carbocycles. The summed E-state index contributed by atoms with van der Waals surface area (Å²) in [6.45, 7) is 3.89. The van der Waals surface area contributed by atoms with Gasteiger partial charge in [-0.25, -0.2) is 0 Å². The molecule has 1 aromatic heterocycles. The first-order valence-corrected chi connectivity index (χ1v) is 8.89. The zero-order chi connectivity index (χ0) is 18.0. The van der Waals surface area contributed by atoms with Gasteiger partial charge in [0.2, 0.25) is 11.7 Å². The van der Waals surface area contributed by atoms with Gasteiger partial charge in [0.25, 0.3) is 0 Å². The molecule has 6 heteroatoms. The Labute approximate surface area is 150 Å². The number of esters is 1. The van der Waals surface area contributed by atoms with E-state index in [2.05, 4.69) is 0 Å². The highest BCUT2D eigenvalue weighted by molar-refractivity contribution is 7.14. The van der Waals surface area contributed by atoms with Crippen LogP contribution in [-0.2, 0) is 14.3 Å². The van der Waals surface area contributed by atoms with Gasteiger partial charge in [-0.05, 0) is 38.1 Å². The van der Waals surface area contributed by atoms with Gasteiger partial charge in [-0.2, -0.15) is 0 Å². The third kappa shape index (κ3) is 3.96. The Hall–Kier alpha value is -2.47. The van der Waals surface area contributed by atoms with Crippen LogP contribution in [-0.4, -0.2) is 30.8 Å². The number of rotatable bonds is 5. The summed E-state index contributed by atoms with van der Waals surface area (Å²) in [6, 6.07) is 11.2. The van der Waals surface area contributed by atoms with Crippen LogP contribution >= 0.6 is 11.3 Å². The fraction of sp³-hybridized carbons (Fsp3) is 0.316. The van der Waals surface area contributed by atoms with E-state index in [9.17, 15) is 14.4 Å². The number of anilines is 1. The zero-order valence-electron chi connectivity index (χ0n) is 14.2. The summed E-state index contributed by atoms with van der Waals surface area (Å²) in [5.74, 6) is -1.35. The number of ketones is 1. The monoisotopic (exact) mass is 357 g/mol. The van der Waals surface area contributed by atoms with Crippen molar-refractivity contribution in [2.24, 2.45) is 5.92 Å². The molecule has 1 amide bonds. The van der Waals surface area contributed by atoms with Gasteiger partial charge in [0, 0.05) is 23.5 Å². The quantitative estimate of drug-likeness (QED) is 0.609. The highest BCUT2D eigenvalue weighted by atomic mass is 32.1. The summed E-state index contributed by atoms with van der Waals surface area (Å²) < 4.78 is 5.14. The maximum atomic E-state index is 12.2. The predicted molar refractivity (Wildman–Crippen MR) is 96.0 cm³/mol. The summed E-state index contributed by atoms with van der Waals surface area (Å²) in [4.78, 5) is 39.6. The third-order valence-corrected chi connectivity index (χ3v) is 5.21. The smallest absolute Gasteiger partial charge is 0.311 e. The average Bonchev–Trinajstić information content (AvgIpc) is 3.19. The van der Waals surface area contributed by atoms with E-state index in [1.165, 1.54) is 11.3 Å². The molecule has 0 N–H and O–H groups in total. The molecule has 0 saturated carbocycles. The number of nitrogens with zero attached hydrogens (tertiary/aromatic N) is 1. The minimum atomic E-state index is -0.535. The van der Waals surface area contributed by atoms with Crippen molar-refractivity contribution < 1.29 is 19.1 Å². The Morgan fingerprint density at radius 1 is 1.16 bits per heavy atom. The molecule has 0 bridgehead atoms. The first-order valence-electron chi connectivity index (χ1n) is 8.07. The van der Waals surface area contributed by atoms with Crippen molar-refractivity contribution in [1.82, 2.24) is 0 Å². The van der Waals surface area contributed by atoms with E-state index < -0.39 is 11.9 Å². The second-order valence-corrected chi connectivity index (χ2v) is 7.47. The number of thiophene rings is 1. The number of hydrogen-bond donors (Lipinski definition) is 0. The highest BCUT2D eigenvalue weighted by Gasteiger charge is 2.36. The summed E-state index contributed by atoms with van der Waals surface area (Å²) in [6.07, 6.45) is 0.110. The van der Waals surface area contributed by atoms with Crippen molar-refractivity contribution in [2.75, 3.05) is 18.1 Å². The Bertz CT molecular complexity index is 809. The van der Waals surface area contributed by atoms with E-state index >= 15 is 0 Å². The van der Waals surface area contributed by atoms with Crippen molar-refractivity contribution in [3.05, 3.63) is 51.7 Å². The number of amides is 1. The van der Waals surface area contributed by atoms with Gasteiger partial charge in [0.15, 0.2) is 6.61 Å². The van der Waals surface area contributed by atoms with Crippen LogP contribution < -0.4 is 4.90 Å². The van der Waals surface area contributed by atoms with E-state index in [0.717, 1.165) is 16.1 Å². The molecule has 5 nitrogen and oxygen atoms in total. The molecule has 0 aliphatic carbocycles. The second kappa shape index (κ2) is 7.19. The lowest BCUT2D eigenvalue weighted by atomic mass is 10.1. The first-order chi connectivity index (χ1) is 11.9. The largest absolute Gasteiger partial charge is 0.457 e. The fourth-order valence-corrected chi connectivity index (χ4v) is 3.54. The van der Waals surface area contributed by atoms with Crippen molar-refractivity contribution in [3.63, 3.8) is 0 Å². The van der Waals surface area contributed by atoms with Gasteiger partial charge < -0.3 is 9.64 Å². The molecule has 1 saturated heterocycles. The van der Waals surface area contributed by atoms with Crippen LogP contribution in [0.4, 0.5) is 5.69 Å². The van der Waals surface area contributed by atoms with Crippen molar-refractivity contribution in [2.45, 2.75) is 20.3 Å². The van der Waals surface area contributed by atoms with Crippen LogP contribution in [0.2, 0.25) is 0 Å². The Kier molecular flexibility index (Phi) is 4.99. The lowest BCUT2D eigenvalue weighted by Gasteiger charge is -2.16. The van der Waals surface area contributed by atoms with E-state index in [-0.39, 0.29) is 31.3 Å². The topological polar surface area (TPSA) is 63.7 Å². The summed E-state index contributed by atoms with van der Waals surface area (Å²) in [5, 5.41) is 0. The number of carbonyl (C=O) groups is 3. The maximum Gasteiger partial charge on any atom is 0.311 e. The molecular weight excluding hydrogens is 338 g/mol. The zero-order valence-corrected chi connectivity index (χ0v) is 15.0. The van der Waals surface area contributed by atoms with Gasteiger partial charge >= 0.3 is 5.97 Å². The molecule has 2 heterocycles. The lowest BCUT2D eigenvalue weighted by Crippen LogP contribution is -2.27. The molecule has 130 valence electrons. The van der Waals surface area contributed by atoms with E-state index in [0.29, 0.717) is 4.88 Å². The van der Waals surface area contributed by atoms with Crippen LogP contribution in [0.15, 0.2) is 36.4 Å². The van der Waals surface area contributed by atoms with Gasteiger partial charge in [-0.3, -0.25) is 14.4 Å². The second-order valence-electron chi connectivity index (χ2n) is 6.18. The van der Waals surface area contributed by atoms with Crippen LogP contribution in [0.5, 0.6) is 0 Å². The Morgan fingerprint density at radius 2 is 1.88 bits per heavy atom. The Balaban J connectivity index is 1.57. The average molecular weight is 357 g/mol. The summed E-state index contributed by atoms with van der Waals surface area (Å²) in [5.41, 5.74) is 1.88. The van der Waals surface area contributed by atoms with Gasteiger partial charge in [0.05, 0.1) is 10.8 Å². The molecule has 0 unspecified atom stereocenters. The molecule has 0 spiro atoms. The molecule has 2 aromatic rings. The number of benzene rings is 1. The minimum Gasteiger partial charge on any atom is -0.457 e. The maximum absolute atomic E-state index is 12.2. The number of Topliss-reactive ketones (excluding diaryl/α,β-unsaturated/α-hetero) is 1. The normalized spacial score (nSPS) is 17.0. The standard InChI is InChI=1S/C19H19NO4S/c1-12-3-6-15(7-4-12)20-10-14(9-18(20)22)19(23)24-11-16(21)17-8-5-13(2)25-17/h3-8,14H,9-11H2,1-2H3/t14-/m0/s1. The molecular formula is C19H19NO4S. The van der Waals surface area contributed by atoms with E-state index in [1.54, 1.807) is 11.0 Å². The van der Waals surface area contributed by atoms with Gasteiger partial charge in [-0.1, -0.05) is 17.7 Å². The van der Waals surface area contributed by atoms with Gasteiger partial charge in [-0.15, -0.1) is 11.3 Å². The number of aryl methyl sites for hydroxylation is 2. The first kappa shape index (κ1) is 17.4. The number of hydrogen-bond acceptors (Lipinski definition) is 5. The fourth-order valence-electron chi connectivity index (χ4n) is 2.75. The molecule has 3 rings (SSSR count). The molecule has 1 fully saturated rings. The molecule has 1 aliphatic heterocycles. The van der Waals surface area contributed by atoms with Crippen LogP contribution in [0.1, 0.15) is 26.5 Å². The SMILES string of the molecule is Cc1ccc(N2C[C@@H](C(=O)OCC(=O)c3ccc(C)s3)CC2=O)cc1. The summed E-state index contributed by atoms with van der Waals surface area (Å²) in [7, 11) is 0. The van der Waals surface area contributed by atoms with Crippen molar-refractivity contribution >= 4 is 34.7 Å². The number of ether oxygens (including phenoxy) is 1. The third-order valence-electron chi connectivity index (χ3n) is 4.16. The molecule has 25 heavy (non-hydrogen) atoms. The summed E-state index contributed by atoms with van der Waals surface area (Å²) >= 11 is 1.38. The number of carbonyl (C=O) groups excluding carboxylic acids is 3. The minimum absolute atomic E-state index is 0.106. The van der Waals surface area contributed by atoms with Crippen LogP contribution in [0, 0.1) is 19.8 Å². The lowest BCUT2D eigenvalue weighted by molar-refractivity contribution is -0.147. The highest BCUT2D eigenvalue weighted by Crippen LogP contribution is 2.26. The van der Waals surface area contributed by atoms with Gasteiger partial charge in [0.1, 0.15) is 0 Å².